The van der Waals surface area contributed by atoms with Gasteiger partial charge in [0.15, 0.2) is 5.11 Å². The van der Waals surface area contributed by atoms with Crippen molar-refractivity contribution in [1.29, 1.82) is 0 Å². The molecule has 3 aromatic rings. The Balaban J connectivity index is 1.54. The maximum atomic E-state index is 13.1. The molecule has 178 valence electrons. The fourth-order valence-corrected chi connectivity index (χ4v) is 3.88. The molecule has 4 rings (SSSR count). The maximum Gasteiger partial charge on any atom is 0.411 e. The number of nitrogens with two attached hydrogens (primary N) is 1. The molecule has 1 aliphatic rings. The fraction of sp³-hybridized carbons (Fsp3) is 0.227. The summed E-state index contributed by atoms with van der Waals surface area (Å²) in [5.41, 5.74) is 4.45. The Hall–Kier alpha value is -3.31. The molecule has 0 aliphatic heterocycles. The molecular weight excluding hydrogens is 493 g/mol. The van der Waals surface area contributed by atoms with E-state index in [1.807, 2.05) is 0 Å². The molecule has 0 atom stereocenters. The number of hydrogen-bond donors (Lipinski definition) is 3. The largest absolute Gasteiger partial charge is 0.496 e. The third-order valence-electron chi connectivity index (χ3n) is 5.35. The molecule has 1 aliphatic carbocycles. The molecule has 1 saturated carbocycles. The summed E-state index contributed by atoms with van der Waals surface area (Å²) in [4.78, 5) is 16.0. The number of aromatic nitrogens is 1. The predicted octanol–water partition coefficient (Wildman–Crippen LogP) is 5.17. The third-order valence-corrected chi connectivity index (χ3v) is 5.87. The zero-order valence-corrected chi connectivity index (χ0v) is 19.2. The molecule has 1 amide bonds. The number of rotatable bonds is 6. The monoisotopic (exact) mass is 510 g/mol. The number of nitrogens with zero attached hydrogens (tertiary/aromatic N) is 1. The zero-order valence-electron chi connectivity index (χ0n) is 17.6. The first-order valence-electron chi connectivity index (χ1n) is 9.93. The minimum absolute atomic E-state index is 0.0396. The highest BCUT2D eigenvalue weighted by molar-refractivity contribution is 7.80. The van der Waals surface area contributed by atoms with E-state index in [1.54, 1.807) is 18.2 Å². The topological polar surface area (TPSA) is 98.5 Å². The van der Waals surface area contributed by atoms with Crippen molar-refractivity contribution < 1.29 is 27.4 Å². The van der Waals surface area contributed by atoms with Gasteiger partial charge < -0.3 is 25.8 Å². The Morgan fingerprint density at radius 3 is 2.53 bits per heavy atom. The van der Waals surface area contributed by atoms with Gasteiger partial charge in [-0.25, -0.2) is 0 Å². The van der Waals surface area contributed by atoms with Crippen LogP contribution in [0.5, 0.6) is 17.2 Å². The van der Waals surface area contributed by atoms with E-state index in [0.717, 1.165) is 0 Å². The summed E-state index contributed by atoms with van der Waals surface area (Å²) in [6.07, 6.45) is -2.95. The van der Waals surface area contributed by atoms with Crippen molar-refractivity contribution in [2.75, 3.05) is 12.4 Å². The smallest absolute Gasteiger partial charge is 0.411 e. The number of alkyl halides is 3. The van der Waals surface area contributed by atoms with Crippen molar-refractivity contribution in [1.82, 2.24) is 10.3 Å². The lowest BCUT2D eigenvalue weighted by Crippen LogP contribution is -2.49. The summed E-state index contributed by atoms with van der Waals surface area (Å²) in [5, 5.41) is 5.53. The Morgan fingerprint density at radius 1 is 1.21 bits per heavy atom. The number of benzene rings is 2. The van der Waals surface area contributed by atoms with Crippen molar-refractivity contribution in [3.8, 4) is 17.2 Å². The number of amides is 1. The molecule has 2 aromatic carbocycles. The van der Waals surface area contributed by atoms with Crippen molar-refractivity contribution >= 4 is 51.4 Å². The van der Waals surface area contributed by atoms with Crippen LogP contribution in [0.15, 0.2) is 42.6 Å². The molecule has 1 fully saturated rings. The second kappa shape index (κ2) is 8.80. The Kier molecular flexibility index (Phi) is 6.17. The Bertz CT molecular complexity index is 1300. The molecule has 0 unspecified atom stereocenters. The van der Waals surface area contributed by atoms with E-state index in [-0.39, 0.29) is 34.3 Å². The highest BCUT2D eigenvalue weighted by Gasteiger charge is 2.63. The average molecular weight is 511 g/mol. The first-order chi connectivity index (χ1) is 16.0. The molecule has 0 radical (unpaired) electrons. The van der Waals surface area contributed by atoms with Crippen LogP contribution in [0.3, 0.4) is 0 Å². The number of nitrogens with one attached hydrogen (secondary N) is 2. The van der Waals surface area contributed by atoms with Gasteiger partial charge in [0, 0.05) is 23.7 Å². The van der Waals surface area contributed by atoms with E-state index >= 15 is 0 Å². The minimum atomic E-state index is -4.40. The van der Waals surface area contributed by atoms with Crippen LogP contribution in [0.1, 0.15) is 23.2 Å². The van der Waals surface area contributed by atoms with Crippen molar-refractivity contribution in [2.24, 2.45) is 5.73 Å². The Labute approximate surface area is 202 Å². The summed E-state index contributed by atoms with van der Waals surface area (Å²) in [6.45, 7) is 0. The molecule has 4 N–H and O–H groups in total. The number of halogens is 4. The van der Waals surface area contributed by atoms with Crippen molar-refractivity contribution in [2.45, 2.75) is 24.6 Å². The van der Waals surface area contributed by atoms with Gasteiger partial charge in [-0.15, -0.1) is 0 Å². The van der Waals surface area contributed by atoms with Gasteiger partial charge in [-0.2, -0.15) is 13.2 Å². The maximum absolute atomic E-state index is 13.1. The van der Waals surface area contributed by atoms with E-state index in [1.165, 1.54) is 31.5 Å². The quantitative estimate of drug-likeness (QED) is 0.393. The number of primary amides is 1. The van der Waals surface area contributed by atoms with Crippen LogP contribution in [0.2, 0.25) is 5.02 Å². The highest BCUT2D eigenvalue weighted by atomic mass is 35.5. The Morgan fingerprint density at radius 2 is 1.94 bits per heavy atom. The normalized spacial score (nSPS) is 14.4. The van der Waals surface area contributed by atoms with Gasteiger partial charge in [0.25, 0.3) is 5.91 Å². The summed E-state index contributed by atoms with van der Waals surface area (Å²) < 4.78 is 50.5. The van der Waals surface area contributed by atoms with Crippen LogP contribution in [-0.2, 0) is 0 Å². The van der Waals surface area contributed by atoms with E-state index < -0.39 is 17.6 Å². The van der Waals surface area contributed by atoms with E-state index in [4.69, 9.17) is 39.0 Å². The second-order valence-electron chi connectivity index (χ2n) is 7.65. The van der Waals surface area contributed by atoms with Gasteiger partial charge in [0.2, 0.25) is 0 Å². The first kappa shape index (κ1) is 23.8. The predicted molar refractivity (Wildman–Crippen MR) is 126 cm³/mol. The van der Waals surface area contributed by atoms with Crippen molar-refractivity contribution in [3.05, 3.63) is 53.2 Å². The number of carbonyl (C=O) groups is 1. The number of methoxy groups -OCH3 is 1. The van der Waals surface area contributed by atoms with Gasteiger partial charge in [0.1, 0.15) is 22.8 Å². The zero-order chi connectivity index (χ0) is 24.7. The molecular formula is C22H18ClF3N4O3S. The lowest BCUT2D eigenvalue weighted by molar-refractivity contribution is -0.161. The first-order valence-corrected chi connectivity index (χ1v) is 10.7. The van der Waals surface area contributed by atoms with Crippen LogP contribution < -0.4 is 25.8 Å². The molecule has 1 heterocycles. The van der Waals surface area contributed by atoms with Crippen LogP contribution in [0, 0.1) is 0 Å². The van der Waals surface area contributed by atoms with E-state index in [2.05, 4.69) is 15.6 Å². The van der Waals surface area contributed by atoms with Crippen LogP contribution in [-0.4, -0.2) is 34.8 Å². The van der Waals surface area contributed by atoms with Crippen molar-refractivity contribution in [3.63, 3.8) is 0 Å². The SMILES string of the molecule is COc1cc2nccc(Oc3ccc(NC(=S)NC4(C(F)(F)F)CC4)c(Cl)c3)c2cc1C(N)=O. The lowest BCUT2D eigenvalue weighted by atomic mass is 10.1. The number of fused-ring (bicyclic) bond motifs is 1. The molecule has 12 heteroatoms. The highest BCUT2D eigenvalue weighted by Crippen LogP contribution is 2.49. The molecule has 0 spiro atoms. The number of ether oxygens (including phenoxy) is 2. The standard InChI is InChI=1S/C22H18ClF3N4O3S/c1-32-18-10-16-12(9-13(18)19(27)31)17(4-7-28-16)33-11-2-3-15(14(23)8-11)29-20(34)30-21(5-6-21)22(24,25)26/h2-4,7-10H,5-6H2,1H3,(H2,27,31)(H2,29,30,34). The number of carbonyl (C=O) groups excluding carboxylic acids is 1. The number of thiocarbonyl (C=S) groups is 1. The van der Waals surface area contributed by atoms with Crippen LogP contribution in [0.25, 0.3) is 10.9 Å². The molecule has 0 bridgehead atoms. The summed E-state index contributed by atoms with van der Waals surface area (Å²) in [7, 11) is 1.42. The summed E-state index contributed by atoms with van der Waals surface area (Å²) >= 11 is 11.3. The van der Waals surface area contributed by atoms with Gasteiger partial charge in [-0.05, 0) is 49.3 Å². The van der Waals surface area contributed by atoms with Crippen LogP contribution >= 0.6 is 23.8 Å². The average Bonchev–Trinajstić information content (AvgIpc) is 3.55. The molecule has 34 heavy (non-hydrogen) atoms. The fourth-order valence-electron chi connectivity index (χ4n) is 3.36. The van der Waals surface area contributed by atoms with Gasteiger partial charge >= 0.3 is 6.18 Å². The number of hydrogen-bond acceptors (Lipinski definition) is 5. The summed E-state index contributed by atoms with van der Waals surface area (Å²) in [5.74, 6) is 0.332. The lowest BCUT2D eigenvalue weighted by Gasteiger charge is -2.23. The third kappa shape index (κ3) is 4.66. The number of anilines is 1. The number of pyridine rings is 1. The second-order valence-corrected chi connectivity index (χ2v) is 8.46. The van der Waals surface area contributed by atoms with Gasteiger partial charge in [0.05, 0.1) is 28.9 Å². The van der Waals surface area contributed by atoms with E-state index in [0.29, 0.717) is 28.1 Å². The summed E-state index contributed by atoms with van der Waals surface area (Å²) in [6, 6.07) is 9.27. The van der Waals surface area contributed by atoms with Crippen LogP contribution in [0.4, 0.5) is 18.9 Å². The van der Waals surface area contributed by atoms with Gasteiger partial charge in [-0.3, -0.25) is 9.78 Å². The minimum Gasteiger partial charge on any atom is -0.496 e. The molecule has 7 nitrogen and oxygen atoms in total. The van der Waals surface area contributed by atoms with Gasteiger partial charge in [-0.1, -0.05) is 11.6 Å². The molecule has 1 aromatic heterocycles. The molecule has 0 saturated heterocycles. The van der Waals surface area contributed by atoms with E-state index in [9.17, 15) is 18.0 Å².